The maximum atomic E-state index is 14.5. The molecular weight excluding hydrogens is 375 g/mol. The van der Waals surface area contributed by atoms with E-state index in [1.54, 1.807) is 11.0 Å². The fraction of sp³-hybridized carbons (Fsp3) is 0.300. The average Bonchev–Trinajstić information content (AvgIpc) is 3.27. The Morgan fingerprint density at radius 2 is 2.00 bits per heavy atom. The zero-order valence-electron chi connectivity index (χ0n) is 15.8. The van der Waals surface area contributed by atoms with Gasteiger partial charge in [0.25, 0.3) is 5.91 Å². The molecule has 0 atom stereocenters. The minimum absolute atomic E-state index is 0.0481. The fourth-order valence-electron chi connectivity index (χ4n) is 4.20. The van der Waals surface area contributed by atoms with Crippen LogP contribution in [0.25, 0.3) is 22.2 Å². The van der Waals surface area contributed by atoms with E-state index in [-0.39, 0.29) is 11.8 Å². The van der Waals surface area contributed by atoms with Crippen LogP contribution in [0.4, 0.5) is 4.39 Å². The van der Waals surface area contributed by atoms with Crippen molar-refractivity contribution in [1.29, 1.82) is 0 Å². The summed E-state index contributed by atoms with van der Waals surface area (Å²) in [4.78, 5) is 43.0. The molecule has 29 heavy (non-hydrogen) atoms. The van der Waals surface area contributed by atoms with Crippen molar-refractivity contribution in [2.75, 3.05) is 13.1 Å². The molecule has 0 aliphatic carbocycles. The molecule has 1 saturated heterocycles. The second-order valence-electron chi connectivity index (χ2n) is 7.44. The molecule has 4 heterocycles. The molecule has 4 aromatic rings. The number of benzene rings is 1. The number of aromatic nitrogens is 5. The highest BCUT2D eigenvalue weighted by molar-refractivity contribution is 5.97. The van der Waals surface area contributed by atoms with Crippen LogP contribution in [0.1, 0.15) is 40.5 Å². The lowest BCUT2D eigenvalue weighted by Crippen LogP contribution is -2.38. The first-order chi connectivity index (χ1) is 14.0. The molecule has 0 radical (unpaired) electrons. The van der Waals surface area contributed by atoms with Gasteiger partial charge in [-0.2, -0.15) is 0 Å². The van der Waals surface area contributed by atoms with E-state index in [2.05, 4.69) is 24.9 Å². The highest BCUT2D eigenvalue weighted by atomic mass is 19.1. The summed E-state index contributed by atoms with van der Waals surface area (Å²) in [5.41, 5.74) is 3.10. The smallest absolute Gasteiger partial charge is 0.325 e. The normalized spacial score (nSPS) is 15.4. The van der Waals surface area contributed by atoms with Crippen LogP contribution in [-0.4, -0.2) is 48.8 Å². The van der Waals surface area contributed by atoms with Crippen LogP contribution in [0.15, 0.2) is 29.2 Å². The molecule has 0 saturated carbocycles. The van der Waals surface area contributed by atoms with Crippen LogP contribution in [-0.2, 0) is 0 Å². The Labute approximate surface area is 164 Å². The number of hydrogen-bond donors (Lipinski definition) is 3. The first kappa shape index (κ1) is 17.6. The second-order valence-corrected chi connectivity index (χ2v) is 7.44. The van der Waals surface area contributed by atoms with Gasteiger partial charge >= 0.3 is 5.69 Å². The summed E-state index contributed by atoms with van der Waals surface area (Å²) in [6, 6.07) is 5.44. The van der Waals surface area contributed by atoms with Crippen LogP contribution in [0.3, 0.4) is 0 Å². The molecule has 1 aromatic carbocycles. The highest BCUT2D eigenvalue weighted by Crippen LogP contribution is 2.33. The molecule has 1 aliphatic heterocycles. The third kappa shape index (κ3) is 2.98. The summed E-state index contributed by atoms with van der Waals surface area (Å²) < 4.78 is 14.5. The minimum Gasteiger partial charge on any atom is -0.342 e. The predicted molar refractivity (Wildman–Crippen MR) is 105 cm³/mol. The van der Waals surface area contributed by atoms with Gasteiger partial charge in [-0.05, 0) is 43.9 Å². The van der Waals surface area contributed by atoms with Gasteiger partial charge in [0.2, 0.25) is 0 Å². The van der Waals surface area contributed by atoms with Gasteiger partial charge in [0.15, 0.2) is 5.65 Å². The lowest BCUT2D eigenvalue weighted by atomic mass is 9.88. The number of nitrogens with zero attached hydrogens (tertiary/aromatic N) is 3. The maximum Gasteiger partial charge on any atom is 0.325 e. The van der Waals surface area contributed by atoms with Crippen LogP contribution >= 0.6 is 0 Å². The summed E-state index contributed by atoms with van der Waals surface area (Å²) in [5, 5.41) is 0. The monoisotopic (exact) mass is 394 g/mol. The van der Waals surface area contributed by atoms with Gasteiger partial charge < -0.3 is 14.9 Å². The average molecular weight is 394 g/mol. The van der Waals surface area contributed by atoms with Crippen molar-refractivity contribution >= 4 is 28.1 Å². The first-order valence-corrected chi connectivity index (χ1v) is 9.51. The third-order valence-corrected chi connectivity index (χ3v) is 5.58. The minimum atomic E-state index is -0.433. The Morgan fingerprint density at radius 3 is 2.79 bits per heavy atom. The second kappa shape index (κ2) is 6.54. The Hall–Kier alpha value is -3.49. The zero-order valence-corrected chi connectivity index (χ0v) is 15.8. The van der Waals surface area contributed by atoms with E-state index in [1.165, 1.54) is 0 Å². The van der Waals surface area contributed by atoms with Crippen molar-refractivity contribution in [3.63, 3.8) is 0 Å². The lowest BCUT2D eigenvalue weighted by Gasteiger charge is -2.32. The van der Waals surface area contributed by atoms with E-state index >= 15 is 0 Å². The van der Waals surface area contributed by atoms with Crippen molar-refractivity contribution in [3.8, 4) is 0 Å². The number of rotatable bonds is 2. The number of likely N-dealkylation sites (tertiary alicyclic amines) is 1. The molecule has 9 heteroatoms. The van der Waals surface area contributed by atoms with Crippen LogP contribution in [0, 0.1) is 12.7 Å². The Bertz CT molecular complexity index is 1300. The van der Waals surface area contributed by atoms with Gasteiger partial charge in [0.1, 0.15) is 11.6 Å². The third-order valence-electron chi connectivity index (χ3n) is 5.58. The molecular formula is C20H19FN6O2. The number of pyridine rings is 1. The molecule has 5 rings (SSSR count). The number of carbonyl (C=O) groups is 1. The number of fused-ring (bicyclic) bond motifs is 2. The summed E-state index contributed by atoms with van der Waals surface area (Å²) in [7, 11) is 0. The number of H-pyrrole nitrogens is 3. The zero-order chi connectivity index (χ0) is 20.1. The number of amides is 1. The van der Waals surface area contributed by atoms with E-state index in [1.807, 2.05) is 19.1 Å². The van der Waals surface area contributed by atoms with Gasteiger partial charge in [-0.3, -0.25) is 9.78 Å². The van der Waals surface area contributed by atoms with Gasteiger partial charge in [-0.1, -0.05) is 0 Å². The van der Waals surface area contributed by atoms with Crippen LogP contribution < -0.4 is 5.69 Å². The number of nitrogens with one attached hydrogen (secondary N) is 3. The topological polar surface area (TPSA) is 111 Å². The number of halogens is 1. The molecule has 0 bridgehead atoms. The molecule has 0 unspecified atom stereocenters. The standard InChI is InChI=1S/C20H19FN6O2/c1-10-23-14-3-2-12(8-15(14)24-10)19(28)27-6-4-11(5-7-27)16-13(21)9-22-18-17(16)25-20(29)26-18/h2-3,8-9,11H,4-7H2,1H3,(H,23,24)(H2,22,25,26,29). The number of carbonyl (C=O) groups excluding carboxylic acids is 1. The van der Waals surface area contributed by atoms with Gasteiger partial charge in [-0.25, -0.2) is 19.2 Å². The largest absolute Gasteiger partial charge is 0.342 e. The van der Waals surface area contributed by atoms with E-state index in [0.717, 1.165) is 23.1 Å². The maximum absolute atomic E-state index is 14.5. The van der Waals surface area contributed by atoms with E-state index in [0.29, 0.717) is 48.2 Å². The first-order valence-electron chi connectivity index (χ1n) is 9.51. The van der Waals surface area contributed by atoms with Crippen molar-refractivity contribution in [3.05, 3.63) is 57.6 Å². The summed E-state index contributed by atoms with van der Waals surface area (Å²) in [6.45, 7) is 2.90. The molecule has 148 valence electrons. The van der Waals surface area contributed by atoms with Crippen LogP contribution in [0.2, 0.25) is 0 Å². The van der Waals surface area contributed by atoms with Crippen molar-refractivity contribution in [2.24, 2.45) is 0 Å². The van der Waals surface area contributed by atoms with Gasteiger partial charge in [0.05, 0.1) is 22.7 Å². The fourth-order valence-corrected chi connectivity index (χ4v) is 4.20. The molecule has 1 amide bonds. The molecule has 3 N–H and O–H groups in total. The summed E-state index contributed by atoms with van der Waals surface area (Å²) in [5.74, 6) is 0.234. The number of aromatic amines is 3. The van der Waals surface area contributed by atoms with Crippen molar-refractivity contribution in [1.82, 2.24) is 29.8 Å². The number of imidazole rings is 2. The quantitative estimate of drug-likeness (QED) is 0.485. The summed E-state index contributed by atoms with van der Waals surface area (Å²) in [6.07, 6.45) is 2.36. The van der Waals surface area contributed by atoms with Crippen LogP contribution in [0.5, 0.6) is 0 Å². The molecule has 3 aromatic heterocycles. The molecule has 0 spiro atoms. The van der Waals surface area contributed by atoms with Crippen molar-refractivity contribution < 1.29 is 9.18 Å². The Morgan fingerprint density at radius 1 is 1.21 bits per heavy atom. The number of piperidine rings is 1. The predicted octanol–water partition coefficient (Wildman–Crippen LogP) is 2.59. The van der Waals surface area contributed by atoms with Gasteiger partial charge in [0, 0.05) is 24.2 Å². The molecule has 8 nitrogen and oxygen atoms in total. The summed E-state index contributed by atoms with van der Waals surface area (Å²) >= 11 is 0. The van der Waals surface area contributed by atoms with Gasteiger partial charge in [-0.15, -0.1) is 0 Å². The molecule has 1 fully saturated rings. The number of aryl methyl sites for hydroxylation is 1. The Balaban J connectivity index is 1.36. The van der Waals surface area contributed by atoms with E-state index in [4.69, 9.17) is 0 Å². The van der Waals surface area contributed by atoms with E-state index < -0.39 is 11.5 Å². The van der Waals surface area contributed by atoms with Crippen molar-refractivity contribution in [2.45, 2.75) is 25.7 Å². The highest BCUT2D eigenvalue weighted by Gasteiger charge is 2.28. The molecule has 1 aliphatic rings. The van der Waals surface area contributed by atoms with E-state index in [9.17, 15) is 14.0 Å². The Kier molecular flexibility index (Phi) is 3.97. The number of hydrogen-bond acceptors (Lipinski definition) is 4. The lowest BCUT2D eigenvalue weighted by molar-refractivity contribution is 0.0713. The SMILES string of the molecule is Cc1nc2ccc(C(=O)N3CCC(c4c(F)cnc5[nH]c(=O)[nH]c45)CC3)cc2[nH]1.